The highest BCUT2D eigenvalue weighted by Gasteiger charge is 2.27. The molecule has 0 aromatic carbocycles. The van der Waals surface area contributed by atoms with Gasteiger partial charge in [-0.1, -0.05) is 20.3 Å². The molecule has 4 nitrogen and oxygen atoms in total. The van der Waals surface area contributed by atoms with Crippen molar-refractivity contribution in [3.8, 4) is 0 Å². The molecule has 4 heteroatoms. The minimum absolute atomic E-state index is 0.145. The molecular formula is C13H27N3O. The van der Waals surface area contributed by atoms with E-state index in [9.17, 15) is 4.79 Å². The first-order valence-electron chi connectivity index (χ1n) is 6.87. The third kappa shape index (κ3) is 4.64. The molecule has 17 heavy (non-hydrogen) atoms. The van der Waals surface area contributed by atoms with Crippen LogP contribution < -0.4 is 10.6 Å². The molecule has 0 aromatic heterocycles. The first-order chi connectivity index (χ1) is 8.21. The van der Waals surface area contributed by atoms with Gasteiger partial charge in [-0.25, -0.2) is 0 Å². The Balaban J connectivity index is 2.34. The van der Waals surface area contributed by atoms with Crippen LogP contribution in [0.3, 0.4) is 0 Å². The Morgan fingerprint density at radius 1 is 1.41 bits per heavy atom. The number of rotatable bonds is 6. The van der Waals surface area contributed by atoms with Gasteiger partial charge in [0.25, 0.3) is 0 Å². The van der Waals surface area contributed by atoms with Gasteiger partial charge < -0.3 is 15.5 Å². The van der Waals surface area contributed by atoms with Gasteiger partial charge in [0, 0.05) is 32.6 Å². The van der Waals surface area contributed by atoms with E-state index in [4.69, 9.17) is 0 Å². The highest BCUT2D eigenvalue weighted by molar-refractivity contribution is 5.75. The van der Waals surface area contributed by atoms with Crippen molar-refractivity contribution in [3.05, 3.63) is 0 Å². The minimum atomic E-state index is 0.145. The SMILES string of the molecule is CCNC1CCN(CCC(=O)NC)CC1CC. The molecule has 1 fully saturated rings. The lowest BCUT2D eigenvalue weighted by Crippen LogP contribution is -2.49. The predicted octanol–water partition coefficient (Wildman–Crippen LogP) is 0.833. The number of hydrogen-bond donors (Lipinski definition) is 2. The second kappa shape index (κ2) is 7.67. The lowest BCUT2D eigenvalue weighted by atomic mass is 9.90. The van der Waals surface area contributed by atoms with Crippen molar-refractivity contribution in [2.24, 2.45) is 5.92 Å². The van der Waals surface area contributed by atoms with Gasteiger partial charge >= 0.3 is 0 Å². The Morgan fingerprint density at radius 2 is 2.18 bits per heavy atom. The van der Waals surface area contributed by atoms with Gasteiger partial charge in [0.1, 0.15) is 0 Å². The first-order valence-corrected chi connectivity index (χ1v) is 6.87. The molecular weight excluding hydrogens is 214 g/mol. The quantitative estimate of drug-likeness (QED) is 0.724. The van der Waals surface area contributed by atoms with Crippen LogP contribution in [0.1, 0.15) is 33.1 Å². The number of nitrogens with zero attached hydrogens (tertiary/aromatic N) is 1. The van der Waals surface area contributed by atoms with E-state index < -0.39 is 0 Å². The molecule has 1 saturated heterocycles. The van der Waals surface area contributed by atoms with Crippen LogP contribution in [0.15, 0.2) is 0 Å². The summed E-state index contributed by atoms with van der Waals surface area (Å²) in [6.45, 7) is 8.63. The highest BCUT2D eigenvalue weighted by Crippen LogP contribution is 2.20. The molecule has 0 aliphatic carbocycles. The Hall–Kier alpha value is -0.610. The van der Waals surface area contributed by atoms with Crippen molar-refractivity contribution in [2.75, 3.05) is 33.2 Å². The Labute approximate surface area is 105 Å². The van der Waals surface area contributed by atoms with Crippen molar-refractivity contribution in [2.45, 2.75) is 39.2 Å². The van der Waals surface area contributed by atoms with Crippen LogP contribution in [-0.2, 0) is 4.79 Å². The monoisotopic (exact) mass is 241 g/mol. The normalized spacial score (nSPS) is 25.8. The maximum atomic E-state index is 11.2. The zero-order valence-corrected chi connectivity index (χ0v) is 11.5. The molecule has 2 unspecified atom stereocenters. The summed E-state index contributed by atoms with van der Waals surface area (Å²) >= 11 is 0. The van der Waals surface area contributed by atoms with Crippen molar-refractivity contribution in [1.29, 1.82) is 0 Å². The number of amides is 1. The van der Waals surface area contributed by atoms with Crippen LogP contribution >= 0.6 is 0 Å². The van der Waals surface area contributed by atoms with Crippen LogP contribution in [0, 0.1) is 5.92 Å². The van der Waals surface area contributed by atoms with E-state index in [0.29, 0.717) is 12.5 Å². The number of nitrogens with one attached hydrogen (secondary N) is 2. The molecule has 0 spiro atoms. The van der Waals surface area contributed by atoms with Crippen LogP contribution in [0.2, 0.25) is 0 Å². The molecule has 0 saturated carbocycles. The summed E-state index contributed by atoms with van der Waals surface area (Å²) in [5.74, 6) is 0.875. The van der Waals surface area contributed by atoms with Crippen LogP contribution in [0.4, 0.5) is 0 Å². The lowest BCUT2D eigenvalue weighted by Gasteiger charge is -2.38. The molecule has 1 aliphatic heterocycles. The number of hydrogen-bond acceptors (Lipinski definition) is 3. The zero-order valence-electron chi connectivity index (χ0n) is 11.5. The number of carbonyl (C=O) groups is 1. The highest BCUT2D eigenvalue weighted by atomic mass is 16.1. The van der Waals surface area contributed by atoms with Crippen LogP contribution in [0.25, 0.3) is 0 Å². The summed E-state index contributed by atoms with van der Waals surface area (Å²) in [5.41, 5.74) is 0. The average Bonchev–Trinajstić information content (AvgIpc) is 2.37. The molecule has 0 aromatic rings. The molecule has 0 bridgehead atoms. The van der Waals surface area contributed by atoms with E-state index in [2.05, 4.69) is 29.4 Å². The molecule has 2 N–H and O–H groups in total. The standard InChI is InChI=1S/C13H27N3O/c1-4-11-10-16(9-7-13(17)14-3)8-6-12(11)15-5-2/h11-12,15H,4-10H2,1-3H3,(H,14,17). The van der Waals surface area contributed by atoms with Gasteiger partial charge in [-0.3, -0.25) is 4.79 Å². The summed E-state index contributed by atoms with van der Waals surface area (Å²) in [6, 6.07) is 0.668. The topological polar surface area (TPSA) is 44.4 Å². The van der Waals surface area contributed by atoms with E-state index in [0.717, 1.165) is 32.1 Å². The second-order valence-electron chi connectivity index (χ2n) is 4.84. The average molecular weight is 241 g/mol. The van der Waals surface area contributed by atoms with Crippen LogP contribution in [0.5, 0.6) is 0 Å². The van der Waals surface area contributed by atoms with E-state index in [1.54, 1.807) is 7.05 Å². The summed E-state index contributed by atoms with van der Waals surface area (Å²) in [4.78, 5) is 13.7. The summed E-state index contributed by atoms with van der Waals surface area (Å²) in [5, 5.41) is 6.26. The maximum absolute atomic E-state index is 11.2. The first kappa shape index (κ1) is 14.5. The fourth-order valence-corrected chi connectivity index (χ4v) is 2.64. The number of piperidine rings is 1. The van der Waals surface area contributed by atoms with Crippen molar-refractivity contribution >= 4 is 5.91 Å². The predicted molar refractivity (Wildman–Crippen MR) is 71.0 cm³/mol. The largest absolute Gasteiger partial charge is 0.359 e. The molecule has 1 amide bonds. The molecule has 1 heterocycles. The van der Waals surface area contributed by atoms with E-state index in [-0.39, 0.29) is 5.91 Å². The molecule has 1 aliphatic rings. The molecule has 100 valence electrons. The third-order valence-electron chi connectivity index (χ3n) is 3.74. The Morgan fingerprint density at radius 3 is 2.76 bits per heavy atom. The van der Waals surface area contributed by atoms with Crippen molar-refractivity contribution in [1.82, 2.24) is 15.5 Å². The lowest BCUT2D eigenvalue weighted by molar-refractivity contribution is -0.121. The fraction of sp³-hybridized carbons (Fsp3) is 0.923. The molecule has 0 radical (unpaired) electrons. The van der Waals surface area contributed by atoms with E-state index in [1.807, 2.05) is 0 Å². The van der Waals surface area contributed by atoms with Crippen molar-refractivity contribution < 1.29 is 4.79 Å². The van der Waals surface area contributed by atoms with Gasteiger partial charge in [0.2, 0.25) is 5.91 Å². The smallest absolute Gasteiger partial charge is 0.221 e. The van der Waals surface area contributed by atoms with Crippen LogP contribution in [-0.4, -0.2) is 50.1 Å². The number of carbonyl (C=O) groups excluding carboxylic acids is 1. The van der Waals surface area contributed by atoms with Crippen molar-refractivity contribution in [3.63, 3.8) is 0 Å². The van der Waals surface area contributed by atoms with E-state index >= 15 is 0 Å². The van der Waals surface area contributed by atoms with E-state index in [1.165, 1.54) is 12.8 Å². The van der Waals surface area contributed by atoms with Gasteiger partial charge in [0.15, 0.2) is 0 Å². The Kier molecular flexibility index (Phi) is 6.52. The second-order valence-corrected chi connectivity index (χ2v) is 4.84. The van der Waals surface area contributed by atoms with Gasteiger partial charge in [0.05, 0.1) is 0 Å². The van der Waals surface area contributed by atoms with Gasteiger partial charge in [-0.05, 0) is 25.4 Å². The Bertz CT molecular complexity index is 233. The fourth-order valence-electron chi connectivity index (χ4n) is 2.64. The molecule has 1 rings (SSSR count). The maximum Gasteiger partial charge on any atom is 0.221 e. The minimum Gasteiger partial charge on any atom is -0.359 e. The van der Waals surface area contributed by atoms with Gasteiger partial charge in [-0.15, -0.1) is 0 Å². The third-order valence-corrected chi connectivity index (χ3v) is 3.74. The summed E-state index contributed by atoms with van der Waals surface area (Å²) in [6.07, 6.45) is 3.05. The number of likely N-dealkylation sites (tertiary alicyclic amines) is 1. The molecule has 2 atom stereocenters. The summed E-state index contributed by atoms with van der Waals surface area (Å²) < 4.78 is 0. The summed E-state index contributed by atoms with van der Waals surface area (Å²) in [7, 11) is 1.70. The zero-order chi connectivity index (χ0) is 12.7. The van der Waals surface area contributed by atoms with Gasteiger partial charge in [-0.2, -0.15) is 0 Å².